The van der Waals surface area contributed by atoms with Gasteiger partial charge in [0.15, 0.2) is 17.1 Å². The summed E-state index contributed by atoms with van der Waals surface area (Å²) in [6.45, 7) is 2.13. The van der Waals surface area contributed by atoms with E-state index in [1.807, 2.05) is 4.90 Å². The van der Waals surface area contributed by atoms with E-state index in [1.54, 1.807) is 25.2 Å². The van der Waals surface area contributed by atoms with Gasteiger partial charge in [-0.1, -0.05) is 0 Å². The van der Waals surface area contributed by atoms with Crippen molar-refractivity contribution in [2.24, 2.45) is 14.1 Å². The first-order chi connectivity index (χ1) is 14.9. The van der Waals surface area contributed by atoms with E-state index in [4.69, 9.17) is 9.47 Å². The lowest BCUT2D eigenvalue weighted by Gasteiger charge is -2.31. The molecule has 10 nitrogen and oxygen atoms in total. The van der Waals surface area contributed by atoms with Crippen LogP contribution in [0.5, 0.6) is 11.5 Å². The van der Waals surface area contributed by atoms with E-state index in [0.717, 1.165) is 4.57 Å². The summed E-state index contributed by atoms with van der Waals surface area (Å²) in [5, 5.41) is 0. The monoisotopic (exact) mass is 425 g/mol. The van der Waals surface area contributed by atoms with Gasteiger partial charge in [-0.25, -0.2) is 9.78 Å². The van der Waals surface area contributed by atoms with Crippen LogP contribution in [0.4, 0.5) is 0 Å². The van der Waals surface area contributed by atoms with E-state index in [1.165, 1.54) is 11.6 Å². The molecule has 1 aromatic carbocycles. The summed E-state index contributed by atoms with van der Waals surface area (Å²) in [6.07, 6.45) is 1.43. The van der Waals surface area contributed by atoms with Crippen molar-refractivity contribution in [2.75, 3.05) is 26.3 Å². The Balaban J connectivity index is 1.33. The highest BCUT2D eigenvalue weighted by atomic mass is 16.6. The molecule has 1 saturated heterocycles. The molecule has 162 valence electrons. The smallest absolute Gasteiger partial charge is 0.332 e. The van der Waals surface area contributed by atoms with Gasteiger partial charge in [0.2, 0.25) is 0 Å². The maximum atomic E-state index is 13.0. The zero-order chi connectivity index (χ0) is 21.7. The number of carbonyl (C=O) groups is 1. The average Bonchev–Trinajstić information content (AvgIpc) is 3.26. The molecular formula is C21H23N5O5. The van der Waals surface area contributed by atoms with Gasteiger partial charge in [-0.3, -0.25) is 18.7 Å². The van der Waals surface area contributed by atoms with Crippen LogP contribution in [0.15, 0.2) is 27.8 Å². The molecule has 1 amide bonds. The second-order valence-electron chi connectivity index (χ2n) is 7.95. The number of aryl methyl sites for hydroxylation is 1. The highest BCUT2D eigenvalue weighted by Crippen LogP contribution is 2.32. The van der Waals surface area contributed by atoms with Crippen LogP contribution in [0.2, 0.25) is 0 Å². The van der Waals surface area contributed by atoms with Gasteiger partial charge in [0.1, 0.15) is 24.6 Å². The van der Waals surface area contributed by atoms with E-state index in [2.05, 4.69) is 9.97 Å². The lowest BCUT2D eigenvalue weighted by Crippen LogP contribution is -2.38. The van der Waals surface area contributed by atoms with Crippen molar-refractivity contribution in [3.05, 3.63) is 50.4 Å². The van der Waals surface area contributed by atoms with Gasteiger partial charge in [-0.2, -0.15) is 0 Å². The van der Waals surface area contributed by atoms with Gasteiger partial charge < -0.3 is 19.4 Å². The average molecular weight is 425 g/mol. The molecule has 0 bridgehead atoms. The minimum Gasteiger partial charge on any atom is -0.486 e. The molecule has 0 spiro atoms. The zero-order valence-electron chi connectivity index (χ0n) is 17.4. The fraction of sp³-hybridized carbons (Fsp3) is 0.429. The van der Waals surface area contributed by atoms with Crippen molar-refractivity contribution < 1.29 is 14.3 Å². The Kier molecular flexibility index (Phi) is 4.57. The molecule has 1 fully saturated rings. The summed E-state index contributed by atoms with van der Waals surface area (Å²) in [6, 6.07) is 5.27. The molecule has 10 heteroatoms. The molecule has 31 heavy (non-hydrogen) atoms. The minimum absolute atomic E-state index is 0.0451. The van der Waals surface area contributed by atoms with Crippen molar-refractivity contribution in [1.29, 1.82) is 0 Å². The van der Waals surface area contributed by atoms with Crippen molar-refractivity contribution in [3.8, 4) is 11.5 Å². The molecule has 2 aliphatic rings. The number of ether oxygens (including phenoxy) is 2. The summed E-state index contributed by atoms with van der Waals surface area (Å²) < 4.78 is 13.5. The van der Waals surface area contributed by atoms with Crippen LogP contribution < -0.4 is 20.7 Å². The minimum atomic E-state index is -0.407. The van der Waals surface area contributed by atoms with E-state index in [-0.39, 0.29) is 17.4 Å². The summed E-state index contributed by atoms with van der Waals surface area (Å²) in [5.41, 5.74) is 0.468. The SMILES string of the molecule is Cn1c(=O)c2[nH]c(C3CCN(C(=O)c4ccc5c(c4)OCCO5)CC3)nc2n(C)c1=O. The number of hydrogen-bond donors (Lipinski definition) is 1. The molecule has 0 unspecified atom stereocenters. The van der Waals surface area contributed by atoms with Crippen LogP contribution in [0, 0.1) is 0 Å². The molecule has 1 N–H and O–H groups in total. The molecule has 3 aromatic rings. The number of H-pyrrole nitrogens is 1. The van der Waals surface area contributed by atoms with E-state index < -0.39 is 5.69 Å². The number of piperidine rings is 1. The van der Waals surface area contributed by atoms with Crippen LogP contribution in [0.1, 0.15) is 34.9 Å². The lowest BCUT2D eigenvalue weighted by atomic mass is 9.95. The number of nitrogens with one attached hydrogen (secondary N) is 1. The number of hydrogen-bond acceptors (Lipinski definition) is 6. The highest BCUT2D eigenvalue weighted by Gasteiger charge is 2.28. The first-order valence-electron chi connectivity index (χ1n) is 10.3. The van der Waals surface area contributed by atoms with Crippen LogP contribution >= 0.6 is 0 Å². The molecule has 2 aromatic heterocycles. The fourth-order valence-electron chi connectivity index (χ4n) is 4.25. The Morgan fingerprint density at radius 2 is 1.77 bits per heavy atom. The molecule has 0 atom stereocenters. The van der Waals surface area contributed by atoms with Crippen LogP contribution in [0.25, 0.3) is 11.2 Å². The second kappa shape index (κ2) is 7.29. The van der Waals surface area contributed by atoms with Crippen LogP contribution in [-0.2, 0) is 14.1 Å². The van der Waals surface area contributed by atoms with E-state index in [9.17, 15) is 14.4 Å². The lowest BCUT2D eigenvalue weighted by molar-refractivity contribution is 0.0710. The van der Waals surface area contributed by atoms with Crippen molar-refractivity contribution in [3.63, 3.8) is 0 Å². The number of rotatable bonds is 2. The molecule has 0 aliphatic carbocycles. The number of amides is 1. The highest BCUT2D eigenvalue weighted by molar-refractivity contribution is 5.95. The normalized spacial score (nSPS) is 16.6. The third-order valence-electron chi connectivity index (χ3n) is 6.07. The predicted molar refractivity (Wildman–Crippen MR) is 112 cm³/mol. The first-order valence-corrected chi connectivity index (χ1v) is 10.3. The van der Waals surface area contributed by atoms with Gasteiger partial charge in [-0.15, -0.1) is 0 Å². The van der Waals surface area contributed by atoms with Gasteiger partial charge in [0.25, 0.3) is 11.5 Å². The summed E-state index contributed by atoms with van der Waals surface area (Å²) >= 11 is 0. The Bertz CT molecular complexity index is 1300. The Hall–Kier alpha value is -3.56. The second-order valence-corrected chi connectivity index (χ2v) is 7.95. The Morgan fingerprint density at radius 3 is 2.52 bits per heavy atom. The first kappa shape index (κ1) is 19.4. The summed E-state index contributed by atoms with van der Waals surface area (Å²) in [4.78, 5) is 47.0. The van der Waals surface area contributed by atoms with Gasteiger partial charge >= 0.3 is 5.69 Å². The number of imidazole rings is 1. The van der Waals surface area contributed by atoms with Gasteiger partial charge in [0, 0.05) is 38.7 Å². The van der Waals surface area contributed by atoms with Gasteiger partial charge in [0.05, 0.1) is 0 Å². The summed E-state index contributed by atoms with van der Waals surface area (Å²) in [7, 11) is 3.05. The van der Waals surface area contributed by atoms with Gasteiger partial charge in [-0.05, 0) is 31.0 Å². The molecule has 0 radical (unpaired) electrons. The third kappa shape index (κ3) is 3.18. The van der Waals surface area contributed by atoms with Crippen molar-refractivity contribution in [1.82, 2.24) is 24.0 Å². The number of nitrogens with zero attached hydrogens (tertiary/aromatic N) is 4. The standard InChI is InChI=1S/C21H23N5O5/c1-24-18-16(20(28)25(2)21(24)29)22-17(23-18)12-5-7-26(8-6-12)19(27)13-3-4-14-15(11-13)31-10-9-30-14/h3-4,11-12H,5-10H2,1-2H3,(H,22,23). The van der Waals surface area contributed by atoms with Crippen molar-refractivity contribution >= 4 is 17.1 Å². The number of aromatic nitrogens is 4. The Labute approximate surface area is 177 Å². The largest absolute Gasteiger partial charge is 0.486 e. The molecule has 0 saturated carbocycles. The number of aromatic amines is 1. The topological polar surface area (TPSA) is 111 Å². The molecular weight excluding hydrogens is 402 g/mol. The maximum absolute atomic E-state index is 13.0. The number of fused-ring (bicyclic) bond motifs is 2. The van der Waals surface area contributed by atoms with Crippen molar-refractivity contribution in [2.45, 2.75) is 18.8 Å². The zero-order valence-corrected chi connectivity index (χ0v) is 17.4. The fourth-order valence-corrected chi connectivity index (χ4v) is 4.25. The van der Waals surface area contributed by atoms with Crippen LogP contribution in [-0.4, -0.2) is 56.2 Å². The van der Waals surface area contributed by atoms with E-state index >= 15 is 0 Å². The van der Waals surface area contributed by atoms with Crippen LogP contribution in [0.3, 0.4) is 0 Å². The third-order valence-corrected chi connectivity index (χ3v) is 6.07. The molecule has 4 heterocycles. The quantitative estimate of drug-likeness (QED) is 0.649. The number of carbonyl (C=O) groups excluding carboxylic acids is 1. The maximum Gasteiger partial charge on any atom is 0.332 e. The number of likely N-dealkylation sites (tertiary alicyclic amines) is 1. The Morgan fingerprint density at radius 1 is 1.06 bits per heavy atom. The van der Waals surface area contributed by atoms with E-state index in [0.29, 0.717) is 73.2 Å². The molecule has 2 aliphatic heterocycles. The predicted octanol–water partition coefficient (Wildman–Crippen LogP) is 0.751. The molecule has 5 rings (SSSR count). The number of benzene rings is 1. The summed E-state index contributed by atoms with van der Waals surface area (Å²) in [5.74, 6) is 1.97.